The van der Waals surface area contributed by atoms with Crippen LogP contribution in [0.1, 0.15) is 46.0 Å². The van der Waals surface area contributed by atoms with Crippen LogP contribution in [0.3, 0.4) is 0 Å². The van der Waals surface area contributed by atoms with Gasteiger partial charge in [-0.25, -0.2) is 0 Å². The molecule has 1 unspecified atom stereocenters. The molecule has 126 valence electrons. The average molecular weight is 412 g/mol. The molecule has 5 nitrogen and oxygen atoms in total. The summed E-state index contributed by atoms with van der Waals surface area (Å²) >= 11 is 0. The van der Waals surface area contributed by atoms with Gasteiger partial charge >= 0.3 is 0 Å². The Morgan fingerprint density at radius 3 is 2.81 bits per heavy atom. The molecule has 0 aromatic heterocycles. The third-order valence-corrected chi connectivity index (χ3v) is 3.79. The molecule has 1 aliphatic rings. The smallest absolute Gasteiger partial charge is 0.188 e. The van der Waals surface area contributed by atoms with E-state index < -0.39 is 0 Å². The molecular weight excluding hydrogens is 379 g/mol. The highest BCUT2D eigenvalue weighted by atomic mass is 127. The number of rotatable bonds is 10. The first-order chi connectivity index (χ1) is 9.77. The van der Waals surface area contributed by atoms with Crippen molar-refractivity contribution in [2.75, 3.05) is 39.4 Å². The van der Waals surface area contributed by atoms with Crippen molar-refractivity contribution < 1.29 is 4.74 Å². The van der Waals surface area contributed by atoms with Crippen LogP contribution in [0, 0.1) is 0 Å². The zero-order chi connectivity index (χ0) is 14.6. The molecule has 3 N–H and O–H groups in total. The second-order valence-electron chi connectivity index (χ2n) is 5.40. The molecule has 6 heteroatoms. The molecule has 0 saturated carbocycles. The van der Waals surface area contributed by atoms with E-state index in [4.69, 9.17) is 10.5 Å². The van der Waals surface area contributed by atoms with Gasteiger partial charge in [0.25, 0.3) is 0 Å². The number of ether oxygens (including phenoxy) is 1. The predicted molar refractivity (Wildman–Crippen MR) is 101 cm³/mol. The Morgan fingerprint density at radius 2 is 2.10 bits per heavy atom. The molecule has 1 aliphatic heterocycles. The number of hydrogen-bond acceptors (Lipinski definition) is 3. The van der Waals surface area contributed by atoms with E-state index in [-0.39, 0.29) is 24.0 Å². The monoisotopic (exact) mass is 412 g/mol. The topological polar surface area (TPSA) is 62.9 Å². The molecule has 0 aromatic rings. The molecule has 0 radical (unpaired) electrons. The lowest BCUT2D eigenvalue weighted by Gasteiger charge is -2.20. The summed E-state index contributed by atoms with van der Waals surface area (Å²) in [5.41, 5.74) is 5.88. The van der Waals surface area contributed by atoms with E-state index in [1.54, 1.807) is 0 Å². The summed E-state index contributed by atoms with van der Waals surface area (Å²) in [7, 11) is 0. The fourth-order valence-corrected chi connectivity index (χ4v) is 2.52. The van der Waals surface area contributed by atoms with Crippen molar-refractivity contribution in [3.63, 3.8) is 0 Å². The van der Waals surface area contributed by atoms with Crippen molar-refractivity contribution in [3.8, 4) is 0 Å². The normalized spacial score (nSPS) is 19.5. The van der Waals surface area contributed by atoms with Crippen molar-refractivity contribution in [1.29, 1.82) is 0 Å². The molecule has 21 heavy (non-hydrogen) atoms. The summed E-state index contributed by atoms with van der Waals surface area (Å²) in [6.07, 6.45) is 5.84. The molecule has 0 bridgehead atoms. The number of aliphatic imine (C=N–C) groups is 1. The van der Waals surface area contributed by atoms with E-state index in [0.29, 0.717) is 12.0 Å². The highest BCUT2D eigenvalue weighted by Crippen LogP contribution is 2.16. The molecule has 1 atom stereocenters. The number of likely N-dealkylation sites (tertiary alicyclic amines) is 1. The zero-order valence-electron chi connectivity index (χ0n) is 13.6. The summed E-state index contributed by atoms with van der Waals surface area (Å²) < 4.78 is 5.50. The van der Waals surface area contributed by atoms with Crippen LogP contribution in [0.2, 0.25) is 0 Å². The van der Waals surface area contributed by atoms with Gasteiger partial charge in [-0.2, -0.15) is 0 Å². The minimum absolute atomic E-state index is 0. The average Bonchev–Trinajstić information content (AvgIpc) is 2.91. The van der Waals surface area contributed by atoms with Crippen LogP contribution in [0.4, 0.5) is 0 Å². The van der Waals surface area contributed by atoms with Crippen LogP contribution < -0.4 is 11.1 Å². The molecule has 1 heterocycles. The third kappa shape index (κ3) is 9.52. The van der Waals surface area contributed by atoms with Crippen molar-refractivity contribution in [2.45, 2.75) is 52.0 Å². The highest BCUT2D eigenvalue weighted by Gasteiger charge is 2.22. The molecule has 0 spiro atoms. The van der Waals surface area contributed by atoms with E-state index in [0.717, 1.165) is 45.7 Å². The van der Waals surface area contributed by atoms with Crippen molar-refractivity contribution in [1.82, 2.24) is 10.2 Å². The number of unbranched alkanes of at least 4 members (excludes halogenated alkanes) is 1. The maximum Gasteiger partial charge on any atom is 0.188 e. The number of guanidine groups is 1. The number of halogens is 1. The molecule has 1 rings (SSSR count). The minimum Gasteiger partial charge on any atom is -0.381 e. The van der Waals surface area contributed by atoms with Gasteiger partial charge in [-0.1, -0.05) is 20.3 Å². The highest BCUT2D eigenvalue weighted by molar-refractivity contribution is 14.0. The van der Waals surface area contributed by atoms with Crippen LogP contribution in [0.25, 0.3) is 0 Å². The van der Waals surface area contributed by atoms with Crippen molar-refractivity contribution in [2.24, 2.45) is 10.7 Å². The van der Waals surface area contributed by atoms with Gasteiger partial charge in [0, 0.05) is 25.8 Å². The Hall–Kier alpha value is -0.0800. The fraction of sp³-hybridized carbons (Fsp3) is 0.933. The number of hydrogen-bond donors (Lipinski definition) is 2. The first-order valence-corrected chi connectivity index (χ1v) is 8.13. The Bertz CT molecular complexity index is 276. The maximum absolute atomic E-state index is 5.88. The SMILES string of the molecule is CCCCOCCCNC(N)=NCC1CCCN1CC.I. The van der Waals surface area contributed by atoms with E-state index >= 15 is 0 Å². The van der Waals surface area contributed by atoms with Crippen molar-refractivity contribution >= 4 is 29.9 Å². The Morgan fingerprint density at radius 1 is 1.33 bits per heavy atom. The maximum atomic E-state index is 5.88. The fourth-order valence-electron chi connectivity index (χ4n) is 2.52. The number of nitrogens with zero attached hydrogens (tertiary/aromatic N) is 2. The molecule has 1 saturated heterocycles. The van der Waals surface area contributed by atoms with Gasteiger partial charge in [0.05, 0.1) is 6.54 Å². The second-order valence-corrected chi connectivity index (χ2v) is 5.40. The minimum atomic E-state index is 0. The first-order valence-electron chi connectivity index (χ1n) is 8.13. The van der Waals surface area contributed by atoms with Crippen LogP contribution in [0.5, 0.6) is 0 Å². The molecule has 0 aromatic carbocycles. The van der Waals surface area contributed by atoms with Gasteiger partial charge in [-0.05, 0) is 38.8 Å². The molecule has 1 fully saturated rings. The van der Waals surface area contributed by atoms with E-state index in [1.165, 1.54) is 25.8 Å². The van der Waals surface area contributed by atoms with Crippen molar-refractivity contribution in [3.05, 3.63) is 0 Å². The van der Waals surface area contributed by atoms with Gasteiger partial charge in [0.15, 0.2) is 5.96 Å². The molecule has 0 aliphatic carbocycles. The van der Waals surface area contributed by atoms with Gasteiger partial charge in [-0.15, -0.1) is 24.0 Å². The summed E-state index contributed by atoms with van der Waals surface area (Å²) in [6, 6.07) is 0.581. The lowest BCUT2D eigenvalue weighted by molar-refractivity contribution is 0.129. The molecule has 0 amide bonds. The van der Waals surface area contributed by atoms with Gasteiger partial charge < -0.3 is 15.8 Å². The lowest BCUT2D eigenvalue weighted by Crippen LogP contribution is -2.36. The number of nitrogens with one attached hydrogen (secondary N) is 1. The van der Waals surface area contributed by atoms with Crippen LogP contribution in [-0.2, 0) is 4.74 Å². The quantitative estimate of drug-likeness (QED) is 0.250. The number of nitrogens with two attached hydrogens (primary N) is 1. The third-order valence-electron chi connectivity index (χ3n) is 3.79. The lowest BCUT2D eigenvalue weighted by atomic mass is 10.2. The summed E-state index contributed by atoms with van der Waals surface area (Å²) in [6.45, 7) is 10.0. The van der Waals surface area contributed by atoms with Crippen LogP contribution >= 0.6 is 24.0 Å². The Balaban J connectivity index is 0.00000400. The standard InChI is InChI=1S/C15H32N4O.HI/c1-3-5-11-20-12-7-9-17-15(16)18-13-14-8-6-10-19(14)4-2;/h14H,3-13H2,1-2H3,(H3,16,17,18);1H. The predicted octanol–water partition coefficient (Wildman–Crippen LogP) is 2.20. The summed E-state index contributed by atoms with van der Waals surface area (Å²) in [5.74, 6) is 0.571. The van der Waals surface area contributed by atoms with E-state index in [1.807, 2.05) is 0 Å². The van der Waals surface area contributed by atoms with E-state index in [2.05, 4.69) is 29.1 Å². The van der Waals surface area contributed by atoms with Gasteiger partial charge in [0.2, 0.25) is 0 Å². The first kappa shape index (κ1) is 20.9. The summed E-state index contributed by atoms with van der Waals surface area (Å²) in [5, 5.41) is 3.16. The number of likely N-dealkylation sites (N-methyl/N-ethyl adjacent to an activating group) is 1. The van der Waals surface area contributed by atoms with Gasteiger partial charge in [-0.3, -0.25) is 9.89 Å². The van der Waals surface area contributed by atoms with Gasteiger partial charge in [0.1, 0.15) is 0 Å². The Labute approximate surface area is 147 Å². The van der Waals surface area contributed by atoms with E-state index in [9.17, 15) is 0 Å². The zero-order valence-corrected chi connectivity index (χ0v) is 16.0. The largest absolute Gasteiger partial charge is 0.381 e. The Kier molecular flexibility index (Phi) is 13.5. The van der Waals surface area contributed by atoms with Crippen LogP contribution in [-0.4, -0.2) is 56.3 Å². The summed E-state index contributed by atoms with van der Waals surface area (Å²) in [4.78, 5) is 6.94. The van der Waals surface area contributed by atoms with Crippen LogP contribution in [0.15, 0.2) is 4.99 Å². The molecular formula is C15H33IN4O. The second kappa shape index (κ2) is 13.6.